The molecule has 0 fully saturated rings. The Bertz CT molecular complexity index is 785. The molecule has 1 amide bonds. The summed E-state index contributed by atoms with van der Waals surface area (Å²) in [5, 5.41) is 7.07. The normalized spacial score (nSPS) is 10.5. The van der Waals surface area contributed by atoms with Crippen LogP contribution in [0.4, 0.5) is 5.69 Å². The predicted octanol–water partition coefficient (Wildman–Crippen LogP) is 3.27. The highest BCUT2D eigenvalue weighted by Crippen LogP contribution is 2.17. The zero-order chi connectivity index (χ0) is 16.1. The summed E-state index contributed by atoms with van der Waals surface area (Å²) in [6, 6.07) is 15.4. The van der Waals surface area contributed by atoms with Crippen LogP contribution in [0, 0.1) is 0 Å². The zero-order valence-corrected chi connectivity index (χ0v) is 13.9. The highest BCUT2D eigenvalue weighted by Gasteiger charge is 2.08. The first-order valence-electron chi connectivity index (χ1n) is 7.15. The Kier molecular flexibility index (Phi) is 4.83. The standard InChI is InChI=1S/C17H15BrN4O/c18-15-7-5-13(6-8-15)9-17(23)21-16-4-2-1-3-14(16)10-22-12-19-11-20-22/h1-8,11-12H,9-10H2,(H,21,23). The van der Waals surface area contributed by atoms with Gasteiger partial charge in [-0.1, -0.05) is 46.3 Å². The van der Waals surface area contributed by atoms with Crippen LogP contribution in [0.15, 0.2) is 65.7 Å². The lowest BCUT2D eigenvalue weighted by molar-refractivity contribution is -0.115. The maximum absolute atomic E-state index is 12.3. The smallest absolute Gasteiger partial charge is 0.228 e. The predicted molar refractivity (Wildman–Crippen MR) is 92.0 cm³/mol. The Morgan fingerprint density at radius 2 is 1.91 bits per heavy atom. The van der Waals surface area contributed by atoms with Gasteiger partial charge in [0.05, 0.1) is 13.0 Å². The summed E-state index contributed by atoms with van der Waals surface area (Å²) in [4.78, 5) is 16.2. The van der Waals surface area contributed by atoms with E-state index in [-0.39, 0.29) is 5.91 Å². The first-order valence-corrected chi connectivity index (χ1v) is 7.94. The molecule has 5 nitrogen and oxygen atoms in total. The minimum Gasteiger partial charge on any atom is -0.325 e. The molecule has 0 unspecified atom stereocenters. The first kappa shape index (κ1) is 15.4. The van der Waals surface area contributed by atoms with Gasteiger partial charge in [-0.3, -0.25) is 4.79 Å². The van der Waals surface area contributed by atoms with Gasteiger partial charge in [0.25, 0.3) is 0 Å². The van der Waals surface area contributed by atoms with Crippen LogP contribution in [0.5, 0.6) is 0 Å². The third-order valence-corrected chi connectivity index (χ3v) is 3.90. The number of para-hydroxylation sites is 1. The topological polar surface area (TPSA) is 59.8 Å². The van der Waals surface area contributed by atoms with Crippen LogP contribution in [-0.2, 0) is 17.8 Å². The number of nitrogens with one attached hydrogen (secondary N) is 1. The highest BCUT2D eigenvalue weighted by molar-refractivity contribution is 9.10. The molecule has 0 aliphatic rings. The lowest BCUT2D eigenvalue weighted by Crippen LogP contribution is -2.16. The number of benzene rings is 2. The molecule has 23 heavy (non-hydrogen) atoms. The van der Waals surface area contributed by atoms with Gasteiger partial charge >= 0.3 is 0 Å². The summed E-state index contributed by atoms with van der Waals surface area (Å²) in [6.45, 7) is 0.564. The first-order chi connectivity index (χ1) is 11.2. The van der Waals surface area contributed by atoms with Gasteiger partial charge < -0.3 is 5.32 Å². The van der Waals surface area contributed by atoms with Gasteiger partial charge in [0, 0.05) is 10.2 Å². The average Bonchev–Trinajstić information content (AvgIpc) is 3.05. The number of hydrogen-bond donors (Lipinski definition) is 1. The zero-order valence-electron chi connectivity index (χ0n) is 12.3. The van der Waals surface area contributed by atoms with Crippen LogP contribution in [-0.4, -0.2) is 20.7 Å². The molecule has 3 rings (SSSR count). The molecule has 0 atom stereocenters. The summed E-state index contributed by atoms with van der Waals surface area (Å²) in [6.07, 6.45) is 3.49. The largest absolute Gasteiger partial charge is 0.325 e. The average molecular weight is 371 g/mol. The van der Waals surface area contributed by atoms with Gasteiger partial charge in [-0.25, -0.2) is 9.67 Å². The van der Waals surface area contributed by atoms with Gasteiger partial charge in [-0.15, -0.1) is 0 Å². The number of carbonyl (C=O) groups is 1. The molecule has 0 spiro atoms. The number of halogens is 1. The Morgan fingerprint density at radius 1 is 1.13 bits per heavy atom. The summed E-state index contributed by atoms with van der Waals surface area (Å²) in [5.41, 5.74) is 2.76. The minimum atomic E-state index is -0.0432. The third-order valence-electron chi connectivity index (χ3n) is 3.37. The van der Waals surface area contributed by atoms with E-state index in [0.717, 1.165) is 21.3 Å². The molecule has 3 aromatic rings. The molecular weight excluding hydrogens is 356 g/mol. The molecule has 116 valence electrons. The lowest BCUT2D eigenvalue weighted by atomic mass is 10.1. The second kappa shape index (κ2) is 7.19. The number of anilines is 1. The molecule has 0 aliphatic carbocycles. The Hall–Kier alpha value is -2.47. The van der Waals surface area contributed by atoms with Crippen LogP contribution in [0.1, 0.15) is 11.1 Å². The minimum absolute atomic E-state index is 0.0432. The Balaban J connectivity index is 1.69. The fourth-order valence-electron chi connectivity index (χ4n) is 2.25. The van der Waals surface area contributed by atoms with E-state index in [1.165, 1.54) is 6.33 Å². The third kappa shape index (κ3) is 4.26. The van der Waals surface area contributed by atoms with Gasteiger partial charge in [-0.2, -0.15) is 5.10 Å². The van der Waals surface area contributed by atoms with Crippen molar-refractivity contribution in [2.24, 2.45) is 0 Å². The van der Waals surface area contributed by atoms with Crippen LogP contribution in [0.3, 0.4) is 0 Å². The van der Waals surface area contributed by atoms with Crippen LogP contribution in [0.25, 0.3) is 0 Å². The van der Waals surface area contributed by atoms with E-state index in [2.05, 4.69) is 31.3 Å². The van der Waals surface area contributed by atoms with Gasteiger partial charge in [0.15, 0.2) is 0 Å². The summed E-state index contributed by atoms with van der Waals surface area (Å²) in [7, 11) is 0. The van der Waals surface area contributed by atoms with Gasteiger partial charge in [0.1, 0.15) is 12.7 Å². The van der Waals surface area contributed by atoms with E-state index in [0.29, 0.717) is 13.0 Å². The molecule has 2 aromatic carbocycles. The SMILES string of the molecule is O=C(Cc1ccc(Br)cc1)Nc1ccccc1Cn1cncn1. The number of hydrogen-bond acceptors (Lipinski definition) is 3. The highest BCUT2D eigenvalue weighted by atomic mass is 79.9. The van der Waals surface area contributed by atoms with Crippen molar-refractivity contribution in [2.45, 2.75) is 13.0 Å². The maximum atomic E-state index is 12.3. The number of amides is 1. The number of carbonyl (C=O) groups excluding carboxylic acids is 1. The van der Waals surface area contributed by atoms with Crippen LogP contribution >= 0.6 is 15.9 Å². The van der Waals surface area contributed by atoms with E-state index in [1.807, 2.05) is 48.5 Å². The molecule has 0 radical (unpaired) electrons. The molecule has 0 aliphatic heterocycles. The van der Waals surface area contributed by atoms with E-state index in [4.69, 9.17) is 0 Å². The molecule has 1 aromatic heterocycles. The van der Waals surface area contributed by atoms with Gasteiger partial charge in [-0.05, 0) is 29.3 Å². The van der Waals surface area contributed by atoms with Crippen molar-refractivity contribution in [3.05, 3.63) is 76.8 Å². The van der Waals surface area contributed by atoms with Crippen molar-refractivity contribution in [1.29, 1.82) is 0 Å². The molecule has 6 heteroatoms. The lowest BCUT2D eigenvalue weighted by Gasteiger charge is -2.11. The molecule has 0 saturated heterocycles. The van der Waals surface area contributed by atoms with Crippen molar-refractivity contribution in [3.8, 4) is 0 Å². The summed E-state index contributed by atoms with van der Waals surface area (Å²) in [5.74, 6) is -0.0432. The number of nitrogens with zero attached hydrogens (tertiary/aromatic N) is 3. The second-order valence-electron chi connectivity index (χ2n) is 5.10. The molecule has 0 bridgehead atoms. The fourth-order valence-corrected chi connectivity index (χ4v) is 2.52. The van der Waals surface area contributed by atoms with Crippen molar-refractivity contribution in [2.75, 3.05) is 5.32 Å². The maximum Gasteiger partial charge on any atom is 0.228 e. The fraction of sp³-hybridized carbons (Fsp3) is 0.118. The summed E-state index contributed by atoms with van der Waals surface area (Å²) < 4.78 is 2.72. The van der Waals surface area contributed by atoms with Crippen molar-refractivity contribution < 1.29 is 4.79 Å². The summed E-state index contributed by atoms with van der Waals surface area (Å²) >= 11 is 3.39. The molecule has 1 heterocycles. The van der Waals surface area contributed by atoms with Crippen molar-refractivity contribution >= 4 is 27.5 Å². The van der Waals surface area contributed by atoms with Crippen molar-refractivity contribution in [1.82, 2.24) is 14.8 Å². The van der Waals surface area contributed by atoms with E-state index in [9.17, 15) is 4.79 Å². The van der Waals surface area contributed by atoms with Crippen LogP contribution < -0.4 is 5.32 Å². The van der Waals surface area contributed by atoms with Crippen molar-refractivity contribution in [3.63, 3.8) is 0 Å². The van der Waals surface area contributed by atoms with E-state index >= 15 is 0 Å². The molecule has 0 saturated carbocycles. The van der Waals surface area contributed by atoms with E-state index < -0.39 is 0 Å². The number of rotatable bonds is 5. The monoisotopic (exact) mass is 370 g/mol. The Labute approximate surface area is 142 Å². The number of aromatic nitrogens is 3. The second-order valence-corrected chi connectivity index (χ2v) is 6.02. The van der Waals surface area contributed by atoms with E-state index in [1.54, 1.807) is 11.0 Å². The molecule has 1 N–H and O–H groups in total. The Morgan fingerprint density at radius 3 is 2.65 bits per heavy atom. The van der Waals surface area contributed by atoms with Gasteiger partial charge in [0.2, 0.25) is 5.91 Å². The quantitative estimate of drug-likeness (QED) is 0.749. The van der Waals surface area contributed by atoms with Crippen LogP contribution in [0.2, 0.25) is 0 Å². The molecular formula is C17H15BrN4O.